The van der Waals surface area contributed by atoms with Crippen LogP contribution >= 0.6 is 15.9 Å². The fourth-order valence-electron chi connectivity index (χ4n) is 4.21. The Morgan fingerprint density at radius 1 is 1.16 bits per heavy atom. The van der Waals surface area contributed by atoms with Gasteiger partial charge in [0.05, 0.1) is 0 Å². The number of halogens is 1. The van der Waals surface area contributed by atoms with Crippen molar-refractivity contribution in [1.29, 1.82) is 0 Å². The number of hydrogen-bond acceptors (Lipinski definition) is 0. The normalized spacial score (nSPS) is 20.5. The third kappa shape index (κ3) is 2.05. The van der Waals surface area contributed by atoms with Crippen molar-refractivity contribution in [3.8, 4) is 0 Å². The topological polar surface area (TPSA) is 15.8 Å². The van der Waals surface area contributed by atoms with E-state index in [1.54, 1.807) is 0 Å². The number of hydrogen-bond donors (Lipinski definition) is 1. The summed E-state index contributed by atoms with van der Waals surface area (Å²) in [5.74, 6) is 0. The molecule has 2 heteroatoms. The first-order chi connectivity index (χ1) is 8.70. The number of aromatic nitrogens is 1. The number of aryl methyl sites for hydroxylation is 1. The molecule has 0 spiro atoms. The molecule has 3 rings (SSSR count). The van der Waals surface area contributed by atoms with E-state index in [9.17, 15) is 0 Å². The number of nitrogens with one attached hydrogen (secondary N) is 1. The van der Waals surface area contributed by atoms with Crippen LogP contribution in [0.1, 0.15) is 50.9 Å². The zero-order chi connectivity index (χ0) is 14.0. The molecule has 0 atom stereocenters. The zero-order valence-corrected chi connectivity index (χ0v) is 14.0. The van der Waals surface area contributed by atoms with Gasteiger partial charge in [-0.3, -0.25) is 0 Å². The van der Waals surface area contributed by atoms with Crippen LogP contribution in [-0.2, 0) is 11.8 Å². The molecule has 0 unspecified atom stereocenters. The molecular weight excluding hydrogens is 298 g/mol. The Morgan fingerprint density at radius 3 is 2.53 bits per heavy atom. The van der Waals surface area contributed by atoms with E-state index < -0.39 is 0 Å². The van der Waals surface area contributed by atoms with Crippen LogP contribution in [0.15, 0.2) is 16.6 Å². The number of benzene rings is 1. The lowest BCUT2D eigenvalue weighted by molar-refractivity contribution is 0.231. The second-order valence-electron chi connectivity index (χ2n) is 7.53. The predicted octanol–water partition coefficient (Wildman–Crippen LogP) is 5.49. The van der Waals surface area contributed by atoms with Gasteiger partial charge in [0.1, 0.15) is 0 Å². The summed E-state index contributed by atoms with van der Waals surface area (Å²) in [4.78, 5) is 3.70. The summed E-state index contributed by atoms with van der Waals surface area (Å²) in [5, 5.41) is 1.40. The summed E-state index contributed by atoms with van der Waals surface area (Å²) in [6.45, 7) is 11.7. The van der Waals surface area contributed by atoms with Gasteiger partial charge in [-0.15, -0.1) is 0 Å². The Kier molecular flexibility index (Phi) is 2.70. The first-order valence-electron chi connectivity index (χ1n) is 7.01. The van der Waals surface area contributed by atoms with E-state index in [0.29, 0.717) is 5.41 Å². The Bertz CT molecular complexity index is 661. The second kappa shape index (κ2) is 3.88. The SMILES string of the molecule is Cc1cc(Br)cc2c3c([nH]c12)CC(C)(C)CC3(C)C. The van der Waals surface area contributed by atoms with Crippen LogP contribution in [-0.4, -0.2) is 4.98 Å². The van der Waals surface area contributed by atoms with Crippen LogP contribution in [0.5, 0.6) is 0 Å². The molecule has 19 heavy (non-hydrogen) atoms. The fourth-order valence-corrected chi connectivity index (χ4v) is 4.79. The van der Waals surface area contributed by atoms with Gasteiger partial charge in [0.25, 0.3) is 0 Å². The maximum Gasteiger partial charge on any atom is 0.0489 e. The van der Waals surface area contributed by atoms with E-state index >= 15 is 0 Å². The van der Waals surface area contributed by atoms with Crippen molar-refractivity contribution in [2.45, 2.75) is 52.9 Å². The highest BCUT2D eigenvalue weighted by Crippen LogP contribution is 2.48. The molecule has 1 N–H and O–H groups in total. The molecule has 0 bridgehead atoms. The Hall–Kier alpha value is -0.760. The zero-order valence-electron chi connectivity index (χ0n) is 12.4. The molecule has 1 heterocycles. The minimum Gasteiger partial charge on any atom is -0.358 e. The van der Waals surface area contributed by atoms with E-state index in [2.05, 4.69) is 67.7 Å². The summed E-state index contributed by atoms with van der Waals surface area (Å²) in [6, 6.07) is 4.47. The van der Waals surface area contributed by atoms with Crippen LogP contribution < -0.4 is 0 Å². The van der Waals surface area contributed by atoms with Gasteiger partial charge in [0.15, 0.2) is 0 Å². The molecule has 0 aliphatic heterocycles. The summed E-state index contributed by atoms with van der Waals surface area (Å²) in [5.41, 5.74) is 6.24. The average Bonchev–Trinajstić information content (AvgIpc) is 2.53. The standard InChI is InChI=1S/C17H22BrN/c1-10-6-11(18)7-12-14-13(19-15(10)12)8-16(2,3)9-17(14,4)5/h6-7,19H,8-9H2,1-5H3. The second-order valence-corrected chi connectivity index (χ2v) is 8.44. The lowest BCUT2D eigenvalue weighted by atomic mass is 9.64. The molecule has 1 aliphatic carbocycles. The number of fused-ring (bicyclic) bond motifs is 3. The van der Waals surface area contributed by atoms with E-state index in [0.717, 1.165) is 6.42 Å². The number of rotatable bonds is 0. The molecule has 0 amide bonds. The maximum atomic E-state index is 3.70. The van der Waals surface area contributed by atoms with Crippen LogP contribution in [0, 0.1) is 12.3 Å². The van der Waals surface area contributed by atoms with E-state index in [-0.39, 0.29) is 5.41 Å². The van der Waals surface area contributed by atoms with Gasteiger partial charge in [-0.05, 0) is 53.9 Å². The number of H-pyrrole nitrogens is 1. The predicted molar refractivity (Wildman–Crippen MR) is 85.9 cm³/mol. The van der Waals surface area contributed by atoms with Gasteiger partial charge in [0.2, 0.25) is 0 Å². The first-order valence-corrected chi connectivity index (χ1v) is 7.80. The molecule has 2 aromatic rings. The molecule has 1 nitrogen and oxygen atoms in total. The monoisotopic (exact) mass is 319 g/mol. The van der Waals surface area contributed by atoms with Crippen molar-refractivity contribution < 1.29 is 0 Å². The third-order valence-corrected chi connectivity index (χ3v) is 4.86. The molecule has 0 saturated heterocycles. The minimum atomic E-state index is 0.239. The van der Waals surface area contributed by atoms with Gasteiger partial charge in [0, 0.05) is 21.1 Å². The molecule has 1 aliphatic rings. The largest absolute Gasteiger partial charge is 0.358 e. The molecule has 0 saturated carbocycles. The number of aromatic amines is 1. The Labute approximate surface area is 123 Å². The Morgan fingerprint density at radius 2 is 1.84 bits per heavy atom. The van der Waals surface area contributed by atoms with Gasteiger partial charge < -0.3 is 4.98 Å². The van der Waals surface area contributed by atoms with Crippen molar-refractivity contribution in [2.75, 3.05) is 0 Å². The van der Waals surface area contributed by atoms with Gasteiger partial charge in [-0.2, -0.15) is 0 Å². The summed E-state index contributed by atoms with van der Waals surface area (Å²) in [7, 11) is 0. The third-order valence-electron chi connectivity index (χ3n) is 4.40. The molecule has 1 aromatic carbocycles. The van der Waals surface area contributed by atoms with Gasteiger partial charge in [-0.25, -0.2) is 0 Å². The first kappa shape index (κ1) is 13.2. The quantitative estimate of drug-likeness (QED) is 0.661. The summed E-state index contributed by atoms with van der Waals surface area (Å²) >= 11 is 3.64. The van der Waals surface area contributed by atoms with Gasteiger partial charge in [-0.1, -0.05) is 43.6 Å². The molecule has 1 aromatic heterocycles. The lowest BCUT2D eigenvalue weighted by Gasteiger charge is -2.40. The highest BCUT2D eigenvalue weighted by atomic mass is 79.9. The van der Waals surface area contributed by atoms with Crippen LogP contribution in [0.2, 0.25) is 0 Å². The molecule has 102 valence electrons. The van der Waals surface area contributed by atoms with E-state index in [1.807, 2.05) is 0 Å². The van der Waals surface area contributed by atoms with Crippen molar-refractivity contribution in [3.63, 3.8) is 0 Å². The highest BCUT2D eigenvalue weighted by Gasteiger charge is 2.39. The van der Waals surface area contributed by atoms with E-state index in [4.69, 9.17) is 0 Å². The fraction of sp³-hybridized carbons (Fsp3) is 0.529. The van der Waals surface area contributed by atoms with Crippen LogP contribution in [0.4, 0.5) is 0 Å². The van der Waals surface area contributed by atoms with Crippen molar-refractivity contribution >= 4 is 26.8 Å². The molecular formula is C17H22BrN. The summed E-state index contributed by atoms with van der Waals surface area (Å²) in [6.07, 6.45) is 2.39. The molecule has 0 radical (unpaired) electrons. The van der Waals surface area contributed by atoms with Crippen molar-refractivity contribution in [2.24, 2.45) is 5.41 Å². The highest BCUT2D eigenvalue weighted by molar-refractivity contribution is 9.10. The van der Waals surface area contributed by atoms with Crippen molar-refractivity contribution in [1.82, 2.24) is 4.98 Å². The molecule has 0 fully saturated rings. The minimum absolute atomic E-state index is 0.239. The van der Waals surface area contributed by atoms with Crippen LogP contribution in [0.3, 0.4) is 0 Å². The average molecular weight is 320 g/mol. The Balaban J connectivity index is 2.36. The summed E-state index contributed by atoms with van der Waals surface area (Å²) < 4.78 is 1.18. The van der Waals surface area contributed by atoms with Crippen molar-refractivity contribution in [3.05, 3.63) is 33.4 Å². The smallest absolute Gasteiger partial charge is 0.0489 e. The maximum absolute atomic E-state index is 3.70. The van der Waals surface area contributed by atoms with Gasteiger partial charge >= 0.3 is 0 Å². The lowest BCUT2D eigenvalue weighted by Crippen LogP contribution is -2.34. The van der Waals surface area contributed by atoms with Crippen LogP contribution in [0.25, 0.3) is 10.9 Å². The van der Waals surface area contributed by atoms with E-state index in [1.165, 1.54) is 38.6 Å².